The van der Waals surface area contributed by atoms with Crippen LogP contribution in [0.3, 0.4) is 0 Å². The molecule has 0 aliphatic carbocycles. The van der Waals surface area contributed by atoms with E-state index in [9.17, 15) is 8.42 Å². The molecule has 1 N–H and O–H groups in total. The first kappa shape index (κ1) is 12.6. The molecule has 1 aromatic carbocycles. The molecule has 0 aromatic heterocycles. The molecule has 3 nitrogen and oxygen atoms in total. The molecule has 2 rings (SSSR count). The Morgan fingerprint density at radius 1 is 1.40 bits per heavy atom. The monoisotopic (exact) mass is 267 g/mol. The molecular weight excluding hydrogens is 257 g/mol. The van der Waals surface area contributed by atoms with Gasteiger partial charge in [-0.05, 0) is 24.1 Å². The van der Waals surface area contributed by atoms with Gasteiger partial charge in [0.05, 0.1) is 15.6 Å². The van der Waals surface area contributed by atoms with Gasteiger partial charge in [-0.15, -0.1) is 12.4 Å². The minimum atomic E-state index is -3.16. The van der Waals surface area contributed by atoms with Crippen molar-refractivity contribution in [2.24, 2.45) is 0 Å². The maximum absolute atomic E-state index is 11.3. The van der Waals surface area contributed by atoms with E-state index in [0.29, 0.717) is 9.92 Å². The fraction of sp³-hybridized carbons (Fsp3) is 0.333. The van der Waals surface area contributed by atoms with E-state index in [4.69, 9.17) is 11.6 Å². The number of halogens is 2. The smallest absolute Gasteiger partial charge is 0.175 e. The Kier molecular flexibility index (Phi) is 3.53. The van der Waals surface area contributed by atoms with Crippen LogP contribution < -0.4 is 5.32 Å². The van der Waals surface area contributed by atoms with Gasteiger partial charge in [0.25, 0.3) is 0 Å². The normalized spacial score (nSPS) is 14.0. The summed E-state index contributed by atoms with van der Waals surface area (Å²) in [5, 5.41) is 3.61. The van der Waals surface area contributed by atoms with Crippen molar-refractivity contribution < 1.29 is 8.42 Å². The SMILES string of the molecule is CS(=O)(=O)c1cc(Cl)c2c(c1)CCN2.Cl. The molecule has 0 saturated heterocycles. The van der Waals surface area contributed by atoms with E-state index >= 15 is 0 Å². The van der Waals surface area contributed by atoms with Crippen LogP contribution in [0.2, 0.25) is 5.02 Å². The molecule has 1 aliphatic heterocycles. The molecule has 0 atom stereocenters. The fourth-order valence-electron chi connectivity index (χ4n) is 1.57. The number of hydrogen-bond acceptors (Lipinski definition) is 3. The van der Waals surface area contributed by atoms with E-state index in [1.54, 1.807) is 6.07 Å². The van der Waals surface area contributed by atoms with Gasteiger partial charge in [-0.1, -0.05) is 11.6 Å². The highest BCUT2D eigenvalue weighted by molar-refractivity contribution is 7.90. The van der Waals surface area contributed by atoms with E-state index < -0.39 is 9.84 Å². The largest absolute Gasteiger partial charge is 0.383 e. The average molecular weight is 268 g/mol. The van der Waals surface area contributed by atoms with Gasteiger partial charge in [-0.25, -0.2) is 8.42 Å². The molecule has 0 radical (unpaired) electrons. The quantitative estimate of drug-likeness (QED) is 0.848. The number of anilines is 1. The van der Waals surface area contributed by atoms with Gasteiger partial charge < -0.3 is 5.32 Å². The van der Waals surface area contributed by atoms with E-state index in [0.717, 1.165) is 24.2 Å². The highest BCUT2D eigenvalue weighted by atomic mass is 35.5. The summed E-state index contributed by atoms with van der Waals surface area (Å²) in [6.45, 7) is 0.822. The van der Waals surface area contributed by atoms with Crippen LogP contribution in [0.15, 0.2) is 17.0 Å². The molecular formula is C9H11Cl2NO2S. The first-order valence-corrected chi connectivity index (χ1v) is 6.52. The van der Waals surface area contributed by atoms with E-state index in [-0.39, 0.29) is 12.4 Å². The van der Waals surface area contributed by atoms with Crippen molar-refractivity contribution in [1.82, 2.24) is 0 Å². The van der Waals surface area contributed by atoms with Crippen molar-refractivity contribution in [3.8, 4) is 0 Å². The summed E-state index contributed by atoms with van der Waals surface area (Å²) in [5.41, 5.74) is 1.86. The highest BCUT2D eigenvalue weighted by Gasteiger charge is 2.18. The average Bonchev–Trinajstić information content (AvgIpc) is 2.50. The van der Waals surface area contributed by atoms with E-state index in [2.05, 4.69) is 5.32 Å². The predicted octanol–water partition coefficient (Wildman–Crippen LogP) is 2.13. The molecule has 0 fully saturated rings. The van der Waals surface area contributed by atoms with Crippen molar-refractivity contribution in [1.29, 1.82) is 0 Å². The minimum Gasteiger partial charge on any atom is -0.383 e. The summed E-state index contributed by atoms with van der Waals surface area (Å²) in [6, 6.07) is 3.19. The van der Waals surface area contributed by atoms with Crippen molar-refractivity contribution >= 4 is 39.5 Å². The molecule has 0 bridgehead atoms. The third-order valence-electron chi connectivity index (χ3n) is 2.27. The standard InChI is InChI=1S/C9H10ClNO2S.ClH/c1-14(12,13)7-4-6-2-3-11-9(6)8(10)5-7;/h4-5,11H,2-3H2,1H3;1H. The lowest BCUT2D eigenvalue weighted by molar-refractivity contribution is 0.602. The Hall–Kier alpha value is -0.450. The number of benzene rings is 1. The Morgan fingerprint density at radius 3 is 2.67 bits per heavy atom. The Balaban J connectivity index is 0.00000112. The summed E-state index contributed by atoms with van der Waals surface area (Å²) in [4.78, 5) is 0.296. The lowest BCUT2D eigenvalue weighted by Gasteiger charge is -2.05. The van der Waals surface area contributed by atoms with Gasteiger partial charge in [0, 0.05) is 12.8 Å². The van der Waals surface area contributed by atoms with E-state index in [1.165, 1.54) is 12.3 Å². The second kappa shape index (κ2) is 4.20. The maximum Gasteiger partial charge on any atom is 0.175 e. The van der Waals surface area contributed by atoms with Gasteiger partial charge in [-0.3, -0.25) is 0 Å². The van der Waals surface area contributed by atoms with Gasteiger partial charge in [0.15, 0.2) is 9.84 Å². The molecule has 1 aromatic rings. The van der Waals surface area contributed by atoms with Crippen LogP contribution in [0.4, 0.5) is 5.69 Å². The van der Waals surface area contributed by atoms with Gasteiger partial charge >= 0.3 is 0 Å². The first-order valence-electron chi connectivity index (χ1n) is 4.25. The zero-order chi connectivity index (χ0) is 10.3. The number of fused-ring (bicyclic) bond motifs is 1. The summed E-state index contributed by atoms with van der Waals surface area (Å²) < 4.78 is 22.6. The van der Waals surface area contributed by atoms with Crippen LogP contribution in [0.1, 0.15) is 5.56 Å². The predicted molar refractivity (Wildman–Crippen MR) is 64.0 cm³/mol. The van der Waals surface area contributed by atoms with Crippen LogP contribution >= 0.6 is 24.0 Å². The summed E-state index contributed by atoms with van der Waals surface area (Å²) in [6.07, 6.45) is 2.02. The molecule has 6 heteroatoms. The van der Waals surface area contributed by atoms with Crippen LogP contribution in [0.25, 0.3) is 0 Å². The second-order valence-electron chi connectivity index (χ2n) is 3.39. The number of sulfone groups is 1. The molecule has 0 amide bonds. The molecule has 1 heterocycles. The third-order valence-corrected chi connectivity index (χ3v) is 3.66. The Labute approximate surface area is 100 Å². The van der Waals surface area contributed by atoms with Crippen LogP contribution in [0, 0.1) is 0 Å². The molecule has 0 spiro atoms. The summed E-state index contributed by atoms with van der Waals surface area (Å²) in [5.74, 6) is 0. The van der Waals surface area contributed by atoms with Crippen LogP contribution in [-0.2, 0) is 16.3 Å². The van der Waals surface area contributed by atoms with Gasteiger partial charge in [-0.2, -0.15) is 0 Å². The Morgan fingerprint density at radius 2 is 2.07 bits per heavy atom. The zero-order valence-electron chi connectivity index (χ0n) is 8.08. The number of rotatable bonds is 1. The second-order valence-corrected chi connectivity index (χ2v) is 5.81. The third kappa shape index (κ3) is 2.38. The Bertz CT molecular complexity index is 485. The zero-order valence-corrected chi connectivity index (χ0v) is 10.5. The van der Waals surface area contributed by atoms with Crippen molar-refractivity contribution in [2.45, 2.75) is 11.3 Å². The van der Waals surface area contributed by atoms with Crippen molar-refractivity contribution in [3.05, 3.63) is 22.7 Å². The van der Waals surface area contributed by atoms with Crippen molar-refractivity contribution in [3.63, 3.8) is 0 Å². The molecule has 84 valence electrons. The maximum atomic E-state index is 11.3. The number of hydrogen-bond donors (Lipinski definition) is 1. The first-order chi connectivity index (χ1) is 6.48. The molecule has 15 heavy (non-hydrogen) atoms. The lowest BCUT2D eigenvalue weighted by atomic mass is 10.2. The van der Waals surface area contributed by atoms with Gasteiger partial charge in [0.1, 0.15) is 0 Å². The fourth-order valence-corrected chi connectivity index (χ4v) is 2.63. The highest BCUT2D eigenvalue weighted by Crippen LogP contribution is 2.33. The minimum absolute atomic E-state index is 0. The summed E-state index contributed by atoms with van der Waals surface area (Å²) in [7, 11) is -3.16. The number of nitrogens with one attached hydrogen (secondary N) is 1. The van der Waals surface area contributed by atoms with Crippen molar-refractivity contribution in [2.75, 3.05) is 18.1 Å². The molecule has 1 aliphatic rings. The van der Waals surface area contributed by atoms with Crippen LogP contribution in [-0.4, -0.2) is 21.2 Å². The molecule has 0 saturated carbocycles. The van der Waals surface area contributed by atoms with Gasteiger partial charge in [0.2, 0.25) is 0 Å². The lowest BCUT2D eigenvalue weighted by Crippen LogP contribution is -1.98. The topological polar surface area (TPSA) is 46.2 Å². The van der Waals surface area contributed by atoms with Crippen LogP contribution in [0.5, 0.6) is 0 Å². The van der Waals surface area contributed by atoms with E-state index in [1.807, 2.05) is 0 Å². The summed E-state index contributed by atoms with van der Waals surface area (Å²) >= 11 is 5.95. The molecule has 0 unspecified atom stereocenters.